The molecule has 0 unspecified atom stereocenters. The Bertz CT molecular complexity index is 221. The van der Waals surface area contributed by atoms with E-state index in [1.807, 2.05) is 0 Å². The van der Waals surface area contributed by atoms with E-state index >= 15 is 0 Å². The fraction of sp³-hybridized carbons (Fsp3) is 0.455. The van der Waals surface area contributed by atoms with Crippen molar-refractivity contribution in [3.8, 4) is 0 Å². The van der Waals surface area contributed by atoms with Gasteiger partial charge in [0.15, 0.2) is 0 Å². The summed E-state index contributed by atoms with van der Waals surface area (Å²) in [5.41, 5.74) is 2.78. The van der Waals surface area contributed by atoms with Crippen molar-refractivity contribution in [1.29, 1.82) is 0 Å². The lowest BCUT2D eigenvalue weighted by atomic mass is 10.2. The smallest absolute Gasteiger partial charge is 0.0352 e. The largest absolute Gasteiger partial charge is 0.387 e. The Morgan fingerprint density at radius 3 is 3.08 bits per heavy atom. The van der Waals surface area contributed by atoms with Gasteiger partial charge in [0.25, 0.3) is 0 Å². The summed E-state index contributed by atoms with van der Waals surface area (Å²) in [6, 6.07) is 0. The first-order valence-electron chi connectivity index (χ1n) is 4.57. The summed E-state index contributed by atoms with van der Waals surface area (Å²) in [4.78, 5) is 0. The van der Waals surface area contributed by atoms with Crippen LogP contribution in [0, 0.1) is 0 Å². The first-order chi connectivity index (χ1) is 5.83. The van der Waals surface area contributed by atoms with E-state index in [2.05, 4.69) is 43.6 Å². The van der Waals surface area contributed by atoms with Gasteiger partial charge >= 0.3 is 0 Å². The molecule has 1 N–H and O–H groups in total. The second-order valence-electron chi connectivity index (χ2n) is 3.14. The van der Waals surface area contributed by atoms with Crippen LogP contribution in [0.25, 0.3) is 0 Å². The highest BCUT2D eigenvalue weighted by atomic mass is 14.8. The van der Waals surface area contributed by atoms with Crippen LogP contribution in [0.3, 0.4) is 0 Å². The molecule has 0 aliphatic carbocycles. The van der Waals surface area contributed by atoms with Crippen LogP contribution in [-0.2, 0) is 0 Å². The lowest BCUT2D eigenvalue weighted by molar-refractivity contribution is 0.916. The maximum absolute atomic E-state index is 3.30. The quantitative estimate of drug-likeness (QED) is 0.586. The molecular weight excluding hydrogens is 146 g/mol. The zero-order chi connectivity index (χ0) is 8.81. The standard InChI is InChI=1S/C11H17N/c1-3-11-7-5-4-6-10(2)8-12-9-11/h5-7,9,12H,3-4,8H2,1-2H3/b7-5?,10-6-,11-9?. The summed E-state index contributed by atoms with van der Waals surface area (Å²) in [5, 5.41) is 3.30. The van der Waals surface area contributed by atoms with Crippen molar-refractivity contribution in [3.05, 3.63) is 35.6 Å². The Labute approximate surface area is 74.9 Å². The molecular formula is C11H17N. The first-order valence-corrected chi connectivity index (χ1v) is 4.57. The zero-order valence-electron chi connectivity index (χ0n) is 7.93. The minimum absolute atomic E-state index is 0.977. The molecule has 1 rings (SSSR count). The van der Waals surface area contributed by atoms with E-state index in [1.54, 1.807) is 0 Å². The zero-order valence-corrected chi connectivity index (χ0v) is 7.93. The van der Waals surface area contributed by atoms with E-state index in [4.69, 9.17) is 0 Å². The van der Waals surface area contributed by atoms with E-state index in [9.17, 15) is 0 Å². The topological polar surface area (TPSA) is 12.0 Å². The highest BCUT2D eigenvalue weighted by molar-refractivity contribution is 5.20. The molecule has 0 spiro atoms. The number of nitrogens with one attached hydrogen (secondary N) is 1. The van der Waals surface area contributed by atoms with E-state index in [1.165, 1.54) is 11.1 Å². The first kappa shape index (κ1) is 9.11. The van der Waals surface area contributed by atoms with Crippen molar-refractivity contribution in [2.45, 2.75) is 26.7 Å². The monoisotopic (exact) mass is 163 g/mol. The molecule has 0 fully saturated rings. The minimum atomic E-state index is 0.977. The van der Waals surface area contributed by atoms with Crippen molar-refractivity contribution >= 4 is 0 Å². The lowest BCUT2D eigenvalue weighted by Gasteiger charge is -2.01. The van der Waals surface area contributed by atoms with Crippen LogP contribution >= 0.6 is 0 Å². The molecule has 66 valence electrons. The molecule has 1 aliphatic rings. The predicted octanol–water partition coefficient (Wildman–Crippen LogP) is 2.78. The SMILES string of the molecule is CCC1=CNC/C(C)=C\CC=C1. The summed E-state index contributed by atoms with van der Waals surface area (Å²) in [6.45, 7) is 5.31. The number of rotatable bonds is 1. The fourth-order valence-corrected chi connectivity index (χ4v) is 1.17. The van der Waals surface area contributed by atoms with Gasteiger partial charge in [-0.1, -0.05) is 30.7 Å². The Morgan fingerprint density at radius 1 is 1.50 bits per heavy atom. The van der Waals surface area contributed by atoms with Crippen molar-refractivity contribution in [2.24, 2.45) is 0 Å². The van der Waals surface area contributed by atoms with Gasteiger partial charge in [0.1, 0.15) is 0 Å². The van der Waals surface area contributed by atoms with Crippen LogP contribution < -0.4 is 5.32 Å². The second kappa shape index (κ2) is 4.81. The van der Waals surface area contributed by atoms with Crippen LogP contribution in [0.4, 0.5) is 0 Å². The van der Waals surface area contributed by atoms with Crippen molar-refractivity contribution in [2.75, 3.05) is 6.54 Å². The van der Waals surface area contributed by atoms with Crippen molar-refractivity contribution in [1.82, 2.24) is 5.32 Å². The second-order valence-corrected chi connectivity index (χ2v) is 3.14. The maximum Gasteiger partial charge on any atom is 0.0352 e. The third-order valence-corrected chi connectivity index (χ3v) is 2.01. The Hall–Kier alpha value is -0.980. The number of hydrogen-bond donors (Lipinski definition) is 1. The highest BCUT2D eigenvalue weighted by Crippen LogP contribution is 2.05. The third-order valence-electron chi connectivity index (χ3n) is 2.01. The normalized spacial score (nSPS) is 22.5. The van der Waals surface area contributed by atoms with Crippen LogP contribution in [-0.4, -0.2) is 6.54 Å². The molecule has 0 bridgehead atoms. The molecule has 0 atom stereocenters. The molecule has 0 amide bonds. The Morgan fingerprint density at radius 2 is 2.33 bits per heavy atom. The van der Waals surface area contributed by atoms with Crippen LogP contribution in [0.5, 0.6) is 0 Å². The number of allylic oxidation sites excluding steroid dienone is 4. The van der Waals surface area contributed by atoms with E-state index in [-0.39, 0.29) is 0 Å². The minimum Gasteiger partial charge on any atom is -0.387 e. The van der Waals surface area contributed by atoms with Gasteiger partial charge in [-0.2, -0.15) is 0 Å². The summed E-state index contributed by atoms with van der Waals surface area (Å²) in [6.07, 6.45) is 10.9. The molecule has 0 radical (unpaired) electrons. The van der Waals surface area contributed by atoms with E-state index < -0.39 is 0 Å². The molecule has 0 saturated heterocycles. The molecule has 0 aromatic heterocycles. The summed E-state index contributed by atoms with van der Waals surface area (Å²) in [5.74, 6) is 0. The summed E-state index contributed by atoms with van der Waals surface area (Å²) < 4.78 is 0. The molecule has 12 heavy (non-hydrogen) atoms. The van der Waals surface area contributed by atoms with Crippen LogP contribution in [0.2, 0.25) is 0 Å². The van der Waals surface area contributed by atoms with E-state index in [0.29, 0.717) is 0 Å². The Balaban J connectivity index is 2.63. The van der Waals surface area contributed by atoms with Gasteiger partial charge in [0.2, 0.25) is 0 Å². The van der Waals surface area contributed by atoms with Gasteiger partial charge in [-0.3, -0.25) is 0 Å². The molecule has 0 aromatic carbocycles. The third kappa shape index (κ3) is 2.95. The highest BCUT2D eigenvalue weighted by Gasteiger charge is 1.91. The van der Waals surface area contributed by atoms with Gasteiger partial charge < -0.3 is 5.32 Å². The average molecular weight is 163 g/mol. The van der Waals surface area contributed by atoms with Crippen molar-refractivity contribution in [3.63, 3.8) is 0 Å². The van der Waals surface area contributed by atoms with Gasteiger partial charge in [-0.05, 0) is 31.5 Å². The van der Waals surface area contributed by atoms with E-state index in [0.717, 1.165) is 19.4 Å². The van der Waals surface area contributed by atoms with Crippen molar-refractivity contribution < 1.29 is 0 Å². The van der Waals surface area contributed by atoms with Crippen LogP contribution in [0.1, 0.15) is 26.7 Å². The molecule has 1 aliphatic heterocycles. The molecule has 0 saturated carbocycles. The van der Waals surface area contributed by atoms with Gasteiger partial charge in [-0.25, -0.2) is 0 Å². The number of hydrogen-bond acceptors (Lipinski definition) is 1. The fourth-order valence-electron chi connectivity index (χ4n) is 1.17. The summed E-state index contributed by atoms with van der Waals surface area (Å²) >= 11 is 0. The van der Waals surface area contributed by atoms with Gasteiger partial charge in [0, 0.05) is 6.54 Å². The molecule has 1 heteroatoms. The maximum atomic E-state index is 3.30. The van der Waals surface area contributed by atoms with Gasteiger partial charge in [-0.15, -0.1) is 0 Å². The van der Waals surface area contributed by atoms with Crippen LogP contribution in [0.15, 0.2) is 35.6 Å². The molecule has 1 heterocycles. The molecule has 0 aromatic rings. The van der Waals surface area contributed by atoms with Gasteiger partial charge in [0.05, 0.1) is 0 Å². The predicted molar refractivity (Wildman–Crippen MR) is 53.9 cm³/mol. The summed E-state index contributed by atoms with van der Waals surface area (Å²) in [7, 11) is 0. The average Bonchev–Trinajstić information content (AvgIpc) is 2.17. The molecule has 1 nitrogen and oxygen atoms in total. The Kier molecular flexibility index (Phi) is 3.65. The lowest BCUT2D eigenvalue weighted by Crippen LogP contribution is -2.08.